The van der Waals surface area contributed by atoms with Gasteiger partial charge in [0, 0.05) is 31.7 Å². The minimum atomic E-state index is 0.707. The molecule has 0 bridgehead atoms. The Morgan fingerprint density at radius 1 is 1.46 bits per heavy atom. The van der Waals surface area contributed by atoms with Crippen molar-refractivity contribution in [3.8, 4) is 0 Å². The second-order valence-corrected chi connectivity index (χ2v) is 3.32. The zero-order chi connectivity index (χ0) is 9.52. The van der Waals surface area contributed by atoms with E-state index in [0.29, 0.717) is 5.88 Å². The fourth-order valence-corrected chi connectivity index (χ4v) is 1.27. The Morgan fingerprint density at radius 3 is 2.85 bits per heavy atom. The van der Waals surface area contributed by atoms with Crippen LogP contribution >= 0.6 is 11.6 Å². The molecule has 0 radical (unpaired) electrons. The summed E-state index contributed by atoms with van der Waals surface area (Å²) in [6.45, 7) is 0. The Labute approximate surface area is 84.2 Å². The van der Waals surface area contributed by atoms with Gasteiger partial charge >= 0.3 is 0 Å². The quantitative estimate of drug-likeness (QED) is 0.525. The molecular formula is C10H15ClN2. The average molecular weight is 199 g/mol. The number of allylic oxidation sites excluding steroid dienone is 2. The van der Waals surface area contributed by atoms with E-state index in [1.54, 1.807) is 0 Å². The third kappa shape index (κ3) is 3.64. The van der Waals surface area contributed by atoms with Gasteiger partial charge in [-0.05, 0) is 12.8 Å². The van der Waals surface area contributed by atoms with E-state index in [2.05, 4.69) is 21.7 Å². The van der Waals surface area contributed by atoms with Crippen molar-refractivity contribution < 1.29 is 0 Å². The summed E-state index contributed by atoms with van der Waals surface area (Å²) in [5.41, 5.74) is 0. The average Bonchev–Trinajstić information content (AvgIpc) is 2.52. The molecule has 0 aliphatic heterocycles. The molecule has 0 aromatic carbocycles. The summed E-state index contributed by atoms with van der Waals surface area (Å²) in [5, 5.41) is 0. The fraction of sp³-hybridized carbons (Fsp3) is 0.500. The number of hydrogen-bond acceptors (Lipinski definition) is 1. The normalized spacial score (nSPS) is 11.2. The topological polar surface area (TPSA) is 17.8 Å². The van der Waals surface area contributed by atoms with Crippen LogP contribution in [0.5, 0.6) is 0 Å². The van der Waals surface area contributed by atoms with Crippen LogP contribution < -0.4 is 0 Å². The van der Waals surface area contributed by atoms with Gasteiger partial charge in [0.1, 0.15) is 5.82 Å². The Hall–Kier alpha value is -0.760. The molecule has 0 saturated heterocycles. The highest BCUT2D eigenvalue weighted by molar-refractivity contribution is 6.17. The van der Waals surface area contributed by atoms with Crippen molar-refractivity contribution in [1.82, 2.24) is 9.55 Å². The number of imidazole rings is 1. The van der Waals surface area contributed by atoms with Crippen LogP contribution in [0.4, 0.5) is 0 Å². The van der Waals surface area contributed by atoms with Gasteiger partial charge in [-0.25, -0.2) is 4.98 Å². The maximum atomic E-state index is 5.54. The predicted octanol–water partition coefficient (Wildman–Crippen LogP) is 2.54. The van der Waals surface area contributed by atoms with Crippen molar-refractivity contribution in [2.24, 2.45) is 7.05 Å². The minimum absolute atomic E-state index is 0.707. The Morgan fingerprint density at radius 2 is 2.23 bits per heavy atom. The van der Waals surface area contributed by atoms with Crippen molar-refractivity contribution in [3.05, 3.63) is 30.4 Å². The van der Waals surface area contributed by atoms with Crippen LogP contribution in [0.15, 0.2) is 24.5 Å². The van der Waals surface area contributed by atoms with Crippen molar-refractivity contribution >= 4 is 11.6 Å². The molecule has 0 unspecified atom stereocenters. The van der Waals surface area contributed by atoms with Crippen molar-refractivity contribution in [2.75, 3.05) is 5.88 Å². The molecule has 13 heavy (non-hydrogen) atoms. The van der Waals surface area contributed by atoms with Gasteiger partial charge in [0.15, 0.2) is 0 Å². The van der Waals surface area contributed by atoms with E-state index in [0.717, 1.165) is 25.1 Å². The van der Waals surface area contributed by atoms with E-state index >= 15 is 0 Å². The highest BCUT2D eigenvalue weighted by Crippen LogP contribution is 2.00. The Bertz CT molecular complexity index is 266. The van der Waals surface area contributed by atoms with Gasteiger partial charge in [0.25, 0.3) is 0 Å². The maximum absolute atomic E-state index is 5.54. The fourth-order valence-electron chi connectivity index (χ4n) is 1.15. The van der Waals surface area contributed by atoms with Crippen LogP contribution in [0.3, 0.4) is 0 Å². The van der Waals surface area contributed by atoms with Crippen molar-refractivity contribution in [1.29, 1.82) is 0 Å². The van der Waals surface area contributed by atoms with E-state index in [4.69, 9.17) is 11.6 Å². The highest BCUT2D eigenvalue weighted by Gasteiger charge is 1.95. The summed E-state index contributed by atoms with van der Waals surface area (Å²) in [7, 11) is 2.02. The molecule has 2 nitrogen and oxygen atoms in total. The van der Waals surface area contributed by atoms with Gasteiger partial charge in [0.2, 0.25) is 0 Å². The van der Waals surface area contributed by atoms with Gasteiger partial charge < -0.3 is 4.57 Å². The third-order valence-corrected chi connectivity index (χ3v) is 2.12. The number of rotatable bonds is 5. The minimum Gasteiger partial charge on any atom is -0.338 e. The molecule has 0 fully saturated rings. The number of halogens is 1. The molecule has 0 amide bonds. The lowest BCUT2D eigenvalue weighted by Gasteiger charge is -1.97. The first-order chi connectivity index (χ1) is 6.34. The van der Waals surface area contributed by atoms with E-state index < -0.39 is 0 Å². The van der Waals surface area contributed by atoms with Gasteiger partial charge in [-0.2, -0.15) is 0 Å². The third-order valence-electron chi connectivity index (χ3n) is 1.90. The molecule has 0 saturated carbocycles. The summed E-state index contributed by atoms with van der Waals surface area (Å²) < 4.78 is 2.05. The molecule has 0 spiro atoms. The molecular weight excluding hydrogens is 184 g/mol. The molecule has 0 atom stereocenters. The summed E-state index contributed by atoms with van der Waals surface area (Å²) in [6, 6.07) is 0. The molecule has 0 aliphatic carbocycles. The molecule has 0 aliphatic rings. The van der Waals surface area contributed by atoms with Crippen molar-refractivity contribution in [2.45, 2.75) is 19.3 Å². The zero-order valence-electron chi connectivity index (χ0n) is 7.91. The van der Waals surface area contributed by atoms with Crippen LogP contribution in [-0.2, 0) is 13.5 Å². The highest BCUT2D eigenvalue weighted by atomic mass is 35.5. The van der Waals surface area contributed by atoms with Crippen LogP contribution in [0, 0.1) is 0 Å². The first-order valence-electron chi connectivity index (χ1n) is 4.51. The van der Waals surface area contributed by atoms with Gasteiger partial charge in [-0.15, -0.1) is 11.6 Å². The van der Waals surface area contributed by atoms with E-state index in [1.165, 1.54) is 0 Å². The molecule has 1 aromatic rings. The lowest BCUT2D eigenvalue weighted by molar-refractivity contribution is 0.779. The largest absolute Gasteiger partial charge is 0.338 e. The summed E-state index contributed by atoms with van der Waals surface area (Å²) in [6.07, 6.45) is 11.1. The monoisotopic (exact) mass is 198 g/mol. The molecule has 1 aromatic heterocycles. The SMILES string of the molecule is Cn1ccnc1CC/C=C/CCCl. The van der Waals surface area contributed by atoms with E-state index in [1.807, 2.05) is 19.4 Å². The second kappa shape index (κ2) is 5.81. The van der Waals surface area contributed by atoms with E-state index in [-0.39, 0.29) is 0 Å². The summed E-state index contributed by atoms with van der Waals surface area (Å²) >= 11 is 5.54. The lowest BCUT2D eigenvalue weighted by Crippen LogP contribution is -1.95. The van der Waals surface area contributed by atoms with Gasteiger partial charge in [-0.3, -0.25) is 0 Å². The molecule has 1 rings (SSSR count). The second-order valence-electron chi connectivity index (χ2n) is 2.94. The lowest BCUT2D eigenvalue weighted by atomic mass is 10.2. The van der Waals surface area contributed by atoms with Gasteiger partial charge in [-0.1, -0.05) is 12.2 Å². The Kier molecular flexibility index (Phi) is 4.61. The van der Waals surface area contributed by atoms with Crippen LogP contribution in [0.2, 0.25) is 0 Å². The predicted molar refractivity (Wildman–Crippen MR) is 56.0 cm³/mol. The van der Waals surface area contributed by atoms with Gasteiger partial charge in [0.05, 0.1) is 0 Å². The van der Waals surface area contributed by atoms with Crippen LogP contribution in [0.1, 0.15) is 18.7 Å². The number of aromatic nitrogens is 2. The molecule has 1 heterocycles. The Balaban J connectivity index is 2.24. The smallest absolute Gasteiger partial charge is 0.108 e. The first-order valence-corrected chi connectivity index (χ1v) is 5.05. The van der Waals surface area contributed by atoms with Crippen molar-refractivity contribution in [3.63, 3.8) is 0 Å². The molecule has 3 heteroatoms. The number of nitrogens with zero attached hydrogens (tertiary/aromatic N) is 2. The first kappa shape index (κ1) is 10.3. The summed E-state index contributed by atoms with van der Waals surface area (Å²) in [5.74, 6) is 1.84. The van der Waals surface area contributed by atoms with E-state index in [9.17, 15) is 0 Å². The number of alkyl halides is 1. The number of aryl methyl sites for hydroxylation is 2. The standard InChI is InChI=1S/C10H15ClN2/c1-13-9-8-12-10(13)6-4-2-3-5-7-11/h2-3,8-9H,4-7H2,1H3/b3-2+. The zero-order valence-corrected chi connectivity index (χ0v) is 8.67. The molecule has 0 N–H and O–H groups in total. The maximum Gasteiger partial charge on any atom is 0.108 e. The van der Waals surface area contributed by atoms with Crippen LogP contribution in [-0.4, -0.2) is 15.4 Å². The van der Waals surface area contributed by atoms with Crippen LogP contribution in [0.25, 0.3) is 0 Å². The number of hydrogen-bond donors (Lipinski definition) is 0. The molecule has 72 valence electrons. The summed E-state index contributed by atoms with van der Waals surface area (Å²) in [4.78, 5) is 4.24.